The molecule has 0 saturated carbocycles. The molecule has 8 heteroatoms. The van der Waals surface area contributed by atoms with Gasteiger partial charge in [-0.25, -0.2) is 4.79 Å². The Bertz CT molecular complexity index is 1380. The van der Waals surface area contributed by atoms with E-state index in [0.717, 1.165) is 11.1 Å². The fourth-order valence-electron chi connectivity index (χ4n) is 3.61. The number of fused-ring (bicyclic) bond motifs is 1. The molecule has 0 aliphatic heterocycles. The number of carbonyl (C=O) groups is 1. The Morgan fingerprint density at radius 1 is 0.935 bits per heavy atom. The number of amides is 1. The highest BCUT2D eigenvalue weighted by Gasteiger charge is 2.15. The van der Waals surface area contributed by atoms with E-state index >= 15 is 0 Å². The summed E-state index contributed by atoms with van der Waals surface area (Å²) in [6.07, 6.45) is 1.57. The Kier molecular flexibility index (Phi) is 5.77. The number of aryl methyl sites for hydroxylation is 1. The standard InChI is InChI=1S/C23H21ClN4O3/c1-2-27-19-9-5-6-10-20(19)28(23(27)31)15-21(29)25-17-11-12-22(30)26(14-17)13-16-7-3-4-8-18(16)24/h3-12,14H,2,13,15H2,1H3,(H,25,29). The van der Waals surface area contributed by atoms with Crippen LogP contribution >= 0.6 is 11.6 Å². The molecule has 0 bridgehead atoms. The topological polar surface area (TPSA) is 78.0 Å². The van der Waals surface area contributed by atoms with Crippen LogP contribution in [0.2, 0.25) is 5.02 Å². The summed E-state index contributed by atoms with van der Waals surface area (Å²) >= 11 is 6.20. The third kappa shape index (κ3) is 4.18. The van der Waals surface area contributed by atoms with Crippen molar-refractivity contribution in [3.63, 3.8) is 0 Å². The Labute approximate surface area is 183 Å². The van der Waals surface area contributed by atoms with Crippen LogP contribution in [0.25, 0.3) is 11.0 Å². The number of hydrogen-bond acceptors (Lipinski definition) is 3. The van der Waals surface area contributed by atoms with E-state index in [0.29, 0.717) is 22.8 Å². The maximum Gasteiger partial charge on any atom is 0.329 e. The lowest BCUT2D eigenvalue weighted by Crippen LogP contribution is -2.29. The number of pyridine rings is 1. The zero-order valence-electron chi connectivity index (χ0n) is 16.9. The quantitative estimate of drug-likeness (QED) is 0.503. The average Bonchev–Trinajstić information content (AvgIpc) is 3.03. The molecule has 0 spiro atoms. The zero-order chi connectivity index (χ0) is 22.0. The van der Waals surface area contributed by atoms with Crippen molar-refractivity contribution in [1.82, 2.24) is 13.7 Å². The number of para-hydroxylation sites is 2. The fourth-order valence-corrected chi connectivity index (χ4v) is 3.81. The van der Waals surface area contributed by atoms with E-state index in [9.17, 15) is 14.4 Å². The molecule has 0 fully saturated rings. The summed E-state index contributed by atoms with van der Waals surface area (Å²) in [6.45, 7) is 2.56. The lowest BCUT2D eigenvalue weighted by molar-refractivity contribution is -0.116. The highest BCUT2D eigenvalue weighted by atomic mass is 35.5. The van der Waals surface area contributed by atoms with Gasteiger partial charge in [-0.05, 0) is 36.8 Å². The van der Waals surface area contributed by atoms with Gasteiger partial charge < -0.3 is 9.88 Å². The van der Waals surface area contributed by atoms with Crippen LogP contribution in [0.3, 0.4) is 0 Å². The second-order valence-electron chi connectivity index (χ2n) is 7.13. The Morgan fingerprint density at radius 3 is 2.32 bits per heavy atom. The van der Waals surface area contributed by atoms with Gasteiger partial charge in [0.15, 0.2) is 0 Å². The molecule has 7 nitrogen and oxygen atoms in total. The van der Waals surface area contributed by atoms with Gasteiger partial charge in [-0.2, -0.15) is 0 Å². The lowest BCUT2D eigenvalue weighted by atomic mass is 10.2. The summed E-state index contributed by atoms with van der Waals surface area (Å²) in [5.41, 5.74) is 2.31. The number of imidazole rings is 1. The van der Waals surface area contributed by atoms with E-state index < -0.39 is 0 Å². The van der Waals surface area contributed by atoms with Gasteiger partial charge in [0.2, 0.25) is 5.91 Å². The molecule has 2 aromatic heterocycles. The summed E-state index contributed by atoms with van der Waals surface area (Å²) in [5, 5.41) is 3.34. The van der Waals surface area contributed by atoms with Crippen molar-refractivity contribution in [2.45, 2.75) is 26.6 Å². The first-order valence-electron chi connectivity index (χ1n) is 9.89. The lowest BCUT2D eigenvalue weighted by Gasteiger charge is -2.11. The molecule has 2 aromatic carbocycles. The summed E-state index contributed by atoms with van der Waals surface area (Å²) in [7, 11) is 0. The van der Waals surface area contributed by atoms with Crippen LogP contribution in [0.1, 0.15) is 12.5 Å². The molecular formula is C23H21ClN4O3. The van der Waals surface area contributed by atoms with Crippen molar-refractivity contribution >= 4 is 34.2 Å². The van der Waals surface area contributed by atoms with Gasteiger partial charge in [0, 0.05) is 23.8 Å². The van der Waals surface area contributed by atoms with E-state index in [1.807, 2.05) is 49.4 Å². The Hall–Kier alpha value is -3.58. The molecule has 0 radical (unpaired) electrons. The molecule has 158 valence electrons. The SMILES string of the molecule is CCn1c(=O)n(CC(=O)Nc2ccc(=O)n(Cc3ccccc3Cl)c2)c2ccccc21. The number of benzene rings is 2. The number of rotatable bonds is 6. The Balaban J connectivity index is 1.57. The Morgan fingerprint density at radius 2 is 1.61 bits per heavy atom. The molecule has 0 aliphatic rings. The van der Waals surface area contributed by atoms with Crippen LogP contribution in [0.4, 0.5) is 5.69 Å². The van der Waals surface area contributed by atoms with Gasteiger partial charge in [-0.1, -0.05) is 41.9 Å². The fraction of sp³-hybridized carbons (Fsp3) is 0.174. The number of halogens is 1. The van der Waals surface area contributed by atoms with Crippen LogP contribution in [0, 0.1) is 0 Å². The predicted octanol–water partition coefficient (Wildman–Crippen LogP) is 3.33. The number of nitrogens with one attached hydrogen (secondary N) is 1. The third-order valence-electron chi connectivity index (χ3n) is 5.11. The maximum absolute atomic E-state index is 12.7. The molecule has 0 saturated heterocycles. The molecule has 31 heavy (non-hydrogen) atoms. The molecule has 4 rings (SSSR count). The first-order chi connectivity index (χ1) is 15.0. The smallest absolute Gasteiger partial charge is 0.323 e. The van der Waals surface area contributed by atoms with Crippen molar-refractivity contribution in [3.05, 3.63) is 98.3 Å². The normalized spacial score (nSPS) is 11.0. The van der Waals surface area contributed by atoms with Gasteiger partial charge in [0.25, 0.3) is 5.56 Å². The molecule has 0 atom stereocenters. The van der Waals surface area contributed by atoms with Crippen molar-refractivity contribution < 1.29 is 4.79 Å². The highest BCUT2D eigenvalue weighted by Crippen LogP contribution is 2.16. The zero-order valence-corrected chi connectivity index (χ0v) is 17.7. The highest BCUT2D eigenvalue weighted by molar-refractivity contribution is 6.31. The predicted molar refractivity (Wildman–Crippen MR) is 122 cm³/mol. The first-order valence-corrected chi connectivity index (χ1v) is 10.3. The largest absolute Gasteiger partial charge is 0.329 e. The van der Waals surface area contributed by atoms with Crippen LogP contribution in [-0.4, -0.2) is 19.6 Å². The van der Waals surface area contributed by atoms with Gasteiger partial charge in [-0.3, -0.25) is 18.7 Å². The van der Waals surface area contributed by atoms with E-state index in [1.165, 1.54) is 15.2 Å². The minimum atomic E-state index is -0.357. The summed E-state index contributed by atoms with van der Waals surface area (Å²) in [5.74, 6) is -0.357. The van der Waals surface area contributed by atoms with Crippen LogP contribution < -0.4 is 16.6 Å². The van der Waals surface area contributed by atoms with Crippen molar-refractivity contribution in [3.8, 4) is 0 Å². The van der Waals surface area contributed by atoms with E-state index in [4.69, 9.17) is 11.6 Å². The van der Waals surface area contributed by atoms with Gasteiger partial charge in [0.1, 0.15) is 6.54 Å². The maximum atomic E-state index is 12.7. The minimum Gasteiger partial charge on any atom is -0.323 e. The molecular weight excluding hydrogens is 416 g/mol. The summed E-state index contributed by atoms with van der Waals surface area (Å²) < 4.78 is 4.56. The van der Waals surface area contributed by atoms with Crippen LogP contribution in [0.15, 0.2) is 76.4 Å². The summed E-state index contributed by atoms with van der Waals surface area (Å²) in [6, 6.07) is 17.6. The molecule has 4 aromatic rings. The summed E-state index contributed by atoms with van der Waals surface area (Å²) in [4.78, 5) is 37.7. The number of nitrogens with zero attached hydrogens (tertiary/aromatic N) is 3. The minimum absolute atomic E-state index is 0.129. The van der Waals surface area contributed by atoms with E-state index in [1.54, 1.807) is 22.9 Å². The van der Waals surface area contributed by atoms with Crippen molar-refractivity contribution in [1.29, 1.82) is 0 Å². The van der Waals surface area contributed by atoms with E-state index in [2.05, 4.69) is 5.32 Å². The van der Waals surface area contributed by atoms with E-state index in [-0.39, 0.29) is 30.2 Å². The molecule has 1 N–H and O–H groups in total. The number of aromatic nitrogens is 3. The molecule has 0 aliphatic carbocycles. The first kappa shape index (κ1) is 20.7. The molecule has 2 heterocycles. The van der Waals surface area contributed by atoms with Crippen molar-refractivity contribution in [2.75, 3.05) is 5.32 Å². The van der Waals surface area contributed by atoms with Crippen LogP contribution in [0.5, 0.6) is 0 Å². The number of carbonyl (C=O) groups excluding carboxylic acids is 1. The van der Waals surface area contributed by atoms with Gasteiger partial charge >= 0.3 is 5.69 Å². The van der Waals surface area contributed by atoms with Crippen molar-refractivity contribution in [2.24, 2.45) is 0 Å². The average molecular weight is 437 g/mol. The number of hydrogen-bond donors (Lipinski definition) is 1. The molecule has 1 amide bonds. The monoisotopic (exact) mass is 436 g/mol. The second kappa shape index (κ2) is 8.65. The van der Waals surface area contributed by atoms with Gasteiger partial charge in [0.05, 0.1) is 23.3 Å². The third-order valence-corrected chi connectivity index (χ3v) is 5.48. The van der Waals surface area contributed by atoms with Crippen LogP contribution in [-0.2, 0) is 24.4 Å². The second-order valence-corrected chi connectivity index (χ2v) is 7.53. The molecule has 0 unspecified atom stereocenters. The van der Waals surface area contributed by atoms with Gasteiger partial charge in [-0.15, -0.1) is 0 Å². The number of anilines is 1.